The molecule has 4 rings (SSSR count). The molecule has 1 aliphatic heterocycles. The summed E-state index contributed by atoms with van der Waals surface area (Å²) in [7, 11) is -3.11. The topological polar surface area (TPSA) is 115 Å². The Balaban J connectivity index is 1.62. The van der Waals surface area contributed by atoms with E-state index < -0.39 is 15.4 Å². The Hall–Kier alpha value is -2.40. The van der Waals surface area contributed by atoms with Gasteiger partial charge in [-0.25, -0.2) is 8.42 Å². The SMILES string of the molecule is CCCCn1c(=O)c2ccccc2n2c(SCC(=O)NC3(C)CCS(=O)(=O)C3)nnc12. The maximum Gasteiger partial charge on any atom is 0.262 e. The number of para-hydroxylation sites is 1. The highest BCUT2D eigenvalue weighted by Crippen LogP contribution is 2.25. The number of nitrogens with zero attached hydrogens (tertiary/aromatic N) is 4. The third-order valence-corrected chi connectivity index (χ3v) is 8.32. The molecule has 0 spiro atoms. The van der Waals surface area contributed by atoms with Crippen LogP contribution in [0.3, 0.4) is 0 Å². The zero-order valence-corrected chi connectivity index (χ0v) is 19.1. The van der Waals surface area contributed by atoms with Crippen LogP contribution in [0.2, 0.25) is 0 Å². The van der Waals surface area contributed by atoms with E-state index in [9.17, 15) is 18.0 Å². The Morgan fingerprint density at radius 3 is 2.77 bits per heavy atom. The lowest BCUT2D eigenvalue weighted by molar-refractivity contribution is -0.120. The number of aryl methyl sites for hydroxylation is 1. The van der Waals surface area contributed by atoms with Crippen molar-refractivity contribution in [1.29, 1.82) is 0 Å². The van der Waals surface area contributed by atoms with Gasteiger partial charge in [-0.1, -0.05) is 37.2 Å². The van der Waals surface area contributed by atoms with Crippen molar-refractivity contribution in [3.05, 3.63) is 34.6 Å². The van der Waals surface area contributed by atoms with E-state index in [2.05, 4.69) is 22.4 Å². The van der Waals surface area contributed by atoms with Crippen molar-refractivity contribution in [3.8, 4) is 0 Å². The lowest BCUT2D eigenvalue weighted by Gasteiger charge is -2.23. The molecule has 166 valence electrons. The van der Waals surface area contributed by atoms with Crippen molar-refractivity contribution in [2.24, 2.45) is 0 Å². The number of hydrogen-bond donors (Lipinski definition) is 1. The van der Waals surface area contributed by atoms with Crippen LogP contribution in [0.25, 0.3) is 16.7 Å². The molecule has 0 radical (unpaired) electrons. The Morgan fingerprint density at radius 1 is 1.29 bits per heavy atom. The van der Waals surface area contributed by atoms with Gasteiger partial charge in [0.1, 0.15) is 0 Å². The molecule has 0 bridgehead atoms. The highest BCUT2D eigenvalue weighted by Gasteiger charge is 2.39. The Labute approximate surface area is 184 Å². The molecule has 9 nitrogen and oxygen atoms in total. The van der Waals surface area contributed by atoms with Crippen LogP contribution in [0.5, 0.6) is 0 Å². The van der Waals surface area contributed by atoms with E-state index in [0.29, 0.717) is 34.8 Å². The summed E-state index contributed by atoms with van der Waals surface area (Å²) in [6.45, 7) is 4.36. The normalized spacial score (nSPS) is 20.5. The van der Waals surface area contributed by atoms with Crippen molar-refractivity contribution < 1.29 is 13.2 Å². The zero-order valence-electron chi connectivity index (χ0n) is 17.5. The highest BCUT2D eigenvalue weighted by atomic mass is 32.2. The molecule has 1 atom stereocenters. The van der Waals surface area contributed by atoms with Gasteiger partial charge in [-0.15, -0.1) is 10.2 Å². The molecule has 1 fully saturated rings. The first-order valence-corrected chi connectivity index (χ1v) is 13.0. The number of benzene rings is 1. The highest BCUT2D eigenvalue weighted by molar-refractivity contribution is 7.99. The van der Waals surface area contributed by atoms with Crippen LogP contribution in [0, 0.1) is 0 Å². The third kappa shape index (κ3) is 4.33. The van der Waals surface area contributed by atoms with E-state index in [-0.39, 0.29) is 28.7 Å². The largest absolute Gasteiger partial charge is 0.349 e. The number of unbranched alkanes of at least 4 members (excludes halogenated alkanes) is 1. The molecule has 1 unspecified atom stereocenters. The summed E-state index contributed by atoms with van der Waals surface area (Å²) in [5.41, 5.74) is -0.151. The zero-order chi connectivity index (χ0) is 22.2. The maximum atomic E-state index is 13.0. The van der Waals surface area contributed by atoms with Gasteiger partial charge in [0, 0.05) is 6.54 Å². The number of rotatable bonds is 7. The summed E-state index contributed by atoms with van der Waals surface area (Å²) in [6, 6.07) is 7.29. The Kier molecular flexibility index (Phi) is 5.82. The van der Waals surface area contributed by atoms with Gasteiger partial charge >= 0.3 is 0 Å². The number of aromatic nitrogens is 4. The van der Waals surface area contributed by atoms with Crippen LogP contribution < -0.4 is 10.9 Å². The van der Waals surface area contributed by atoms with E-state index >= 15 is 0 Å². The molecule has 0 saturated carbocycles. The summed E-state index contributed by atoms with van der Waals surface area (Å²) in [4.78, 5) is 25.5. The van der Waals surface area contributed by atoms with Crippen LogP contribution in [0.15, 0.2) is 34.2 Å². The van der Waals surface area contributed by atoms with Crippen molar-refractivity contribution in [2.75, 3.05) is 17.3 Å². The molecule has 1 amide bonds. The van der Waals surface area contributed by atoms with Crippen molar-refractivity contribution in [2.45, 2.75) is 50.4 Å². The lowest BCUT2D eigenvalue weighted by Crippen LogP contribution is -2.47. The Bertz CT molecular complexity index is 1310. The van der Waals surface area contributed by atoms with Gasteiger partial charge < -0.3 is 5.32 Å². The first-order chi connectivity index (χ1) is 14.7. The van der Waals surface area contributed by atoms with E-state index in [4.69, 9.17) is 0 Å². The molecule has 0 aliphatic carbocycles. The average molecular weight is 464 g/mol. The number of nitrogens with one attached hydrogen (secondary N) is 1. The number of sulfone groups is 1. The molecule has 1 N–H and O–H groups in total. The molecule has 3 aromatic rings. The smallest absolute Gasteiger partial charge is 0.262 e. The molecular formula is C20H25N5O4S2. The quantitative estimate of drug-likeness (QED) is 0.530. The molecular weight excluding hydrogens is 438 g/mol. The fourth-order valence-electron chi connectivity index (χ4n) is 3.96. The van der Waals surface area contributed by atoms with Gasteiger partial charge in [0.15, 0.2) is 15.0 Å². The second-order valence-electron chi connectivity index (χ2n) is 8.19. The average Bonchev–Trinajstić information content (AvgIpc) is 3.26. The van der Waals surface area contributed by atoms with Gasteiger partial charge in [-0.2, -0.15) is 0 Å². The first kappa shape index (κ1) is 21.8. The summed E-state index contributed by atoms with van der Waals surface area (Å²) in [5.74, 6) is 0.309. The number of thioether (sulfide) groups is 1. The monoisotopic (exact) mass is 463 g/mol. The first-order valence-electron chi connectivity index (χ1n) is 10.2. The molecule has 31 heavy (non-hydrogen) atoms. The minimum Gasteiger partial charge on any atom is -0.349 e. The summed E-state index contributed by atoms with van der Waals surface area (Å²) in [5, 5.41) is 12.4. The van der Waals surface area contributed by atoms with E-state index in [1.54, 1.807) is 17.6 Å². The maximum absolute atomic E-state index is 13.0. The molecule has 2 aromatic heterocycles. The lowest BCUT2D eigenvalue weighted by atomic mass is 10.0. The molecule has 3 heterocycles. The number of carbonyl (C=O) groups is 1. The predicted octanol–water partition coefficient (Wildman–Crippen LogP) is 1.63. The molecule has 11 heteroatoms. The van der Waals surface area contributed by atoms with Crippen LogP contribution in [-0.4, -0.2) is 56.3 Å². The van der Waals surface area contributed by atoms with Crippen molar-refractivity contribution >= 4 is 44.2 Å². The minimum atomic E-state index is -3.11. The molecule has 1 saturated heterocycles. The number of amides is 1. The van der Waals surface area contributed by atoms with Crippen LogP contribution >= 0.6 is 11.8 Å². The van der Waals surface area contributed by atoms with Crippen LogP contribution in [0.4, 0.5) is 0 Å². The summed E-state index contributed by atoms with van der Waals surface area (Å²) < 4.78 is 27.0. The van der Waals surface area contributed by atoms with Gasteiger partial charge in [0.2, 0.25) is 11.7 Å². The van der Waals surface area contributed by atoms with Gasteiger partial charge in [-0.3, -0.25) is 18.6 Å². The van der Waals surface area contributed by atoms with Crippen LogP contribution in [0.1, 0.15) is 33.1 Å². The molecule has 1 aliphatic rings. The fourth-order valence-corrected chi connectivity index (χ4v) is 6.79. The number of carbonyl (C=O) groups excluding carboxylic acids is 1. The van der Waals surface area contributed by atoms with E-state index in [1.165, 1.54) is 11.8 Å². The van der Waals surface area contributed by atoms with Gasteiger partial charge in [0.25, 0.3) is 5.56 Å². The van der Waals surface area contributed by atoms with Crippen molar-refractivity contribution in [1.82, 2.24) is 24.5 Å². The second-order valence-corrected chi connectivity index (χ2v) is 11.3. The third-order valence-electron chi connectivity index (χ3n) is 5.49. The standard InChI is InChI=1S/C20H25N5O4S2/c1-3-4-10-24-17(27)14-7-5-6-8-15(14)25-18(24)22-23-19(25)30-12-16(26)21-20(2)9-11-31(28,29)13-20/h5-8H,3-4,9-13H2,1-2H3,(H,21,26). The summed E-state index contributed by atoms with van der Waals surface area (Å²) in [6.07, 6.45) is 2.19. The van der Waals surface area contributed by atoms with E-state index in [0.717, 1.165) is 12.8 Å². The van der Waals surface area contributed by atoms with Crippen LogP contribution in [-0.2, 0) is 21.2 Å². The Morgan fingerprint density at radius 2 is 2.06 bits per heavy atom. The van der Waals surface area contributed by atoms with Crippen molar-refractivity contribution in [3.63, 3.8) is 0 Å². The van der Waals surface area contributed by atoms with Gasteiger partial charge in [-0.05, 0) is 31.9 Å². The minimum absolute atomic E-state index is 0.0430. The molecule has 1 aromatic carbocycles. The fraction of sp³-hybridized carbons (Fsp3) is 0.500. The summed E-state index contributed by atoms with van der Waals surface area (Å²) >= 11 is 1.21. The van der Waals surface area contributed by atoms with Gasteiger partial charge in [0.05, 0.1) is 33.7 Å². The number of hydrogen-bond acceptors (Lipinski definition) is 7. The second kappa shape index (κ2) is 8.27. The predicted molar refractivity (Wildman–Crippen MR) is 120 cm³/mol. The number of fused-ring (bicyclic) bond motifs is 3. The van der Waals surface area contributed by atoms with E-state index in [1.807, 2.05) is 22.6 Å².